The highest BCUT2D eigenvalue weighted by atomic mass is 16.7. The normalized spacial score (nSPS) is 30.2. The van der Waals surface area contributed by atoms with Crippen LogP contribution in [0.5, 0.6) is 0 Å². The SMILES string of the molecule is O=C(NC[C@@H]1CCCO1)N1CCC2(C1)OCCO2. The first-order valence-corrected chi connectivity index (χ1v) is 6.70. The van der Waals surface area contributed by atoms with E-state index in [0.29, 0.717) is 32.8 Å². The predicted molar refractivity (Wildman–Crippen MR) is 63.2 cm³/mol. The maximum Gasteiger partial charge on any atom is 0.317 e. The molecule has 0 aromatic carbocycles. The van der Waals surface area contributed by atoms with Gasteiger partial charge in [0.25, 0.3) is 0 Å². The third-order valence-corrected chi connectivity index (χ3v) is 3.80. The Morgan fingerprint density at radius 2 is 2.17 bits per heavy atom. The summed E-state index contributed by atoms with van der Waals surface area (Å²) in [5.41, 5.74) is 0. The van der Waals surface area contributed by atoms with Crippen molar-refractivity contribution in [1.82, 2.24) is 10.2 Å². The lowest BCUT2D eigenvalue weighted by Crippen LogP contribution is -2.44. The zero-order valence-corrected chi connectivity index (χ0v) is 10.5. The van der Waals surface area contributed by atoms with E-state index in [4.69, 9.17) is 14.2 Å². The van der Waals surface area contributed by atoms with E-state index in [-0.39, 0.29) is 12.1 Å². The summed E-state index contributed by atoms with van der Waals surface area (Å²) in [6, 6.07) is -0.0403. The van der Waals surface area contributed by atoms with Crippen LogP contribution >= 0.6 is 0 Å². The van der Waals surface area contributed by atoms with Gasteiger partial charge in [-0.3, -0.25) is 0 Å². The molecule has 1 N–H and O–H groups in total. The van der Waals surface area contributed by atoms with Crippen molar-refractivity contribution in [3.63, 3.8) is 0 Å². The molecule has 102 valence electrons. The molecule has 3 rings (SSSR count). The number of nitrogens with one attached hydrogen (secondary N) is 1. The summed E-state index contributed by atoms with van der Waals surface area (Å²) in [5.74, 6) is -0.527. The second kappa shape index (κ2) is 5.03. The number of urea groups is 1. The predicted octanol–water partition coefficient (Wildman–Crippen LogP) is 0.324. The van der Waals surface area contributed by atoms with Gasteiger partial charge in [-0.25, -0.2) is 4.79 Å². The van der Waals surface area contributed by atoms with E-state index in [2.05, 4.69) is 5.32 Å². The molecule has 1 spiro atoms. The number of likely N-dealkylation sites (tertiary alicyclic amines) is 1. The molecule has 3 saturated heterocycles. The van der Waals surface area contributed by atoms with E-state index in [1.54, 1.807) is 4.90 Å². The molecule has 1 atom stereocenters. The largest absolute Gasteiger partial charge is 0.376 e. The molecule has 0 aliphatic carbocycles. The van der Waals surface area contributed by atoms with Crippen molar-refractivity contribution in [3.8, 4) is 0 Å². The Hall–Kier alpha value is -0.850. The lowest BCUT2D eigenvalue weighted by Gasteiger charge is -2.23. The number of rotatable bonds is 2. The van der Waals surface area contributed by atoms with Gasteiger partial charge >= 0.3 is 6.03 Å². The maximum atomic E-state index is 12.0. The van der Waals surface area contributed by atoms with Crippen LogP contribution in [0.1, 0.15) is 19.3 Å². The van der Waals surface area contributed by atoms with Crippen molar-refractivity contribution >= 4 is 6.03 Å². The molecule has 3 heterocycles. The van der Waals surface area contributed by atoms with E-state index < -0.39 is 5.79 Å². The summed E-state index contributed by atoms with van der Waals surface area (Å²) in [6.45, 7) is 3.90. The molecule has 0 unspecified atom stereocenters. The molecule has 0 aromatic heterocycles. The fourth-order valence-corrected chi connectivity index (χ4v) is 2.78. The zero-order chi connectivity index (χ0) is 12.4. The molecule has 18 heavy (non-hydrogen) atoms. The molecule has 0 saturated carbocycles. The second-order valence-electron chi connectivity index (χ2n) is 5.10. The Morgan fingerprint density at radius 3 is 2.89 bits per heavy atom. The molecule has 0 radical (unpaired) electrons. The third-order valence-electron chi connectivity index (χ3n) is 3.80. The summed E-state index contributed by atoms with van der Waals surface area (Å²) in [6.07, 6.45) is 3.08. The summed E-state index contributed by atoms with van der Waals surface area (Å²) in [5, 5.41) is 2.92. The van der Waals surface area contributed by atoms with Crippen molar-refractivity contribution in [3.05, 3.63) is 0 Å². The lowest BCUT2D eigenvalue weighted by atomic mass is 10.2. The van der Waals surface area contributed by atoms with Crippen LogP contribution in [0.3, 0.4) is 0 Å². The summed E-state index contributed by atoms with van der Waals surface area (Å²) < 4.78 is 16.7. The summed E-state index contributed by atoms with van der Waals surface area (Å²) in [4.78, 5) is 13.8. The van der Waals surface area contributed by atoms with E-state index in [9.17, 15) is 4.79 Å². The van der Waals surface area contributed by atoms with Crippen LogP contribution in [-0.4, -0.2) is 62.3 Å². The quantitative estimate of drug-likeness (QED) is 0.773. The summed E-state index contributed by atoms with van der Waals surface area (Å²) >= 11 is 0. The fourth-order valence-electron chi connectivity index (χ4n) is 2.78. The maximum absolute atomic E-state index is 12.0. The molecular weight excluding hydrogens is 236 g/mol. The third kappa shape index (κ3) is 2.46. The second-order valence-corrected chi connectivity index (χ2v) is 5.10. The van der Waals surface area contributed by atoms with Crippen molar-refractivity contribution in [2.45, 2.75) is 31.2 Å². The average molecular weight is 256 g/mol. The van der Waals surface area contributed by atoms with Crippen LogP contribution in [0.25, 0.3) is 0 Å². The van der Waals surface area contributed by atoms with Gasteiger partial charge in [0, 0.05) is 26.1 Å². The topological polar surface area (TPSA) is 60.0 Å². The molecule has 3 fully saturated rings. The van der Waals surface area contributed by atoms with Crippen LogP contribution in [0.15, 0.2) is 0 Å². The first-order chi connectivity index (χ1) is 8.77. The van der Waals surface area contributed by atoms with Crippen LogP contribution < -0.4 is 5.32 Å². The average Bonchev–Trinajstić information content (AvgIpc) is 3.10. The van der Waals surface area contributed by atoms with E-state index in [1.165, 1.54) is 0 Å². The number of nitrogens with zero attached hydrogens (tertiary/aromatic N) is 1. The van der Waals surface area contributed by atoms with E-state index >= 15 is 0 Å². The van der Waals surface area contributed by atoms with Gasteiger partial charge in [0.05, 0.1) is 25.9 Å². The summed E-state index contributed by atoms with van der Waals surface area (Å²) in [7, 11) is 0. The molecule has 6 nitrogen and oxygen atoms in total. The number of hydrogen-bond acceptors (Lipinski definition) is 4. The minimum absolute atomic E-state index is 0.0403. The first-order valence-electron chi connectivity index (χ1n) is 6.70. The van der Waals surface area contributed by atoms with Crippen LogP contribution in [0.2, 0.25) is 0 Å². The Morgan fingerprint density at radius 1 is 1.33 bits per heavy atom. The molecule has 0 bridgehead atoms. The molecule has 3 aliphatic heterocycles. The van der Waals surface area contributed by atoms with Crippen molar-refractivity contribution < 1.29 is 19.0 Å². The van der Waals surface area contributed by atoms with E-state index in [0.717, 1.165) is 25.9 Å². The monoisotopic (exact) mass is 256 g/mol. The zero-order valence-electron chi connectivity index (χ0n) is 10.5. The van der Waals surface area contributed by atoms with Gasteiger partial charge in [-0.2, -0.15) is 0 Å². The number of amides is 2. The smallest absolute Gasteiger partial charge is 0.317 e. The number of hydrogen-bond donors (Lipinski definition) is 1. The highest BCUT2D eigenvalue weighted by Crippen LogP contribution is 2.30. The van der Waals surface area contributed by atoms with Gasteiger partial charge < -0.3 is 24.4 Å². The first kappa shape index (κ1) is 12.2. The lowest BCUT2D eigenvalue weighted by molar-refractivity contribution is -0.143. The van der Waals surface area contributed by atoms with Crippen molar-refractivity contribution in [2.24, 2.45) is 0 Å². The van der Waals surface area contributed by atoms with Gasteiger partial charge in [-0.05, 0) is 12.8 Å². The van der Waals surface area contributed by atoms with Gasteiger partial charge in [0.15, 0.2) is 5.79 Å². The van der Waals surface area contributed by atoms with E-state index in [1.807, 2.05) is 0 Å². The Bertz CT molecular complexity index is 311. The minimum Gasteiger partial charge on any atom is -0.376 e. The van der Waals surface area contributed by atoms with Crippen molar-refractivity contribution in [1.29, 1.82) is 0 Å². The standard InChI is InChI=1S/C12H20N2O4/c15-11(13-8-10-2-1-5-16-10)14-4-3-12(9-14)17-6-7-18-12/h10H,1-9H2,(H,13,15)/t10-/m0/s1. The molecule has 6 heteroatoms. The fraction of sp³-hybridized carbons (Fsp3) is 0.917. The molecular formula is C12H20N2O4. The molecule has 3 aliphatic rings. The highest BCUT2D eigenvalue weighted by Gasteiger charge is 2.44. The molecule has 0 aromatic rings. The highest BCUT2D eigenvalue weighted by molar-refractivity contribution is 5.74. The van der Waals surface area contributed by atoms with Crippen LogP contribution in [0.4, 0.5) is 4.79 Å². The van der Waals surface area contributed by atoms with Gasteiger partial charge in [0.1, 0.15) is 0 Å². The Balaban J connectivity index is 1.45. The van der Waals surface area contributed by atoms with Crippen molar-refractivity contribution in [2.75, 3.05) is 39.5 Å². The molecule has 2 amide bonds. The number of ether oxygens (including phenoxy) is 3. The minimum atomic E-state index is -0.527. The van der Waals surface area contributed by atoms with Gasteiger partial charge in [0.2, 0.25) is 0 Å². The number of carbonyl (C=O) groups is 1. The Labute approximate surface area is 107 Å². The van der Waals surface area contributed by atoms with Crippen LogP contribution in [0, 0.1) is 0 Å². The van der Waals surface area contributed by atoms with Gasteiger partial charge in [-0.1, -0.05) is 0 Å². The Kier molecular flexibility index (Phi) is 3.41. The van der Waals surface area contributed by atoms with Crippen LogP contribution in [-0.2, 0) is 14.2 Å². The van der Waals surface area contributed by atoms with Gasteiger partial charge in [-0.15, -0.1) is 0 Å². The number of carbonyl (C=O) groups excluding carboxylic acids is 1.